The van der Waals surface area contributed by atoms with E-state index in [0.29, 0.717) is 0 Å². The molecule has 1 fully saturated rings. The molecule has 2 nitrogen and oxygen atoms in total. The molecule has 106 valence electrons. The second kappa shape index (κ2) is 7.42. The van der Waals surface area contributed by atoms with Gasteiger partial charge in [0.25, 0.3) is 0 Å². The van der Waals surface area contributed by atoms with Crippen molar-refractivity contribution in [2.45, 2.75) is 46.0 Å². The van der Waals surface area contributed by atoms with E-state index in [1.54, 1.807) is 0 Å². The molecule has 19 heavy (non-hydrogen) atoms. The smallest absolute Gasteiger partial charge is 0.119 e. The lowest BCUT2D eigenvalue weighted by atomic mass is 9.83. The molecule has 0 heterocycles. The van der Waals surface area contributed by atoms with Gasteiger partial charge in [0.1, 0.15) is 5.75 Å². The van der Waals surface area contributed by atoms with Crippen LogP contribution >= 0.6 is 0 Å². The number of ether oxygens (including phenoxy) is 1. The van der Waals surface area contributed by atoms with Gasteiger partial charge in [-0.1, -0.05) is 26.7 Å². The highest BCUT2D eigenvalue weighted by molar-refractivity contribution is 5.46. The molecule has 1 aromatic carbocycles. The molecule has 0 spiro atoms. The predicted octanol–water partition coefficient (Wildman–Crippen LogP) is 4.71. The topological polar surface area (TPSA) is 21.3 Å². The Balaban J connectivity index is 1.73. The first kappa shape index (κ1) is 14.2. The lowest BCUT2D eigenvalue weighted by Crippen LogP contribution is -2.20. The van der Waals surface area contributed by atoms with Gasteiger partial charge in [-0.3, -0.25) is 0 Å². The van der Waals surface area contributed by atoms with Crippen LogP contribution in [0.5, 0.6) is 5.75 Å². The molecule has 0 aromatic heterocycles. The van der Waals surface area contributed by atoms with Crippen LogP contribution in [-0.2, 0) is 0 Å². The van der Waals surface area contributed by atoms with Crippen LogP contribution < -0.4 is 10.1 Å². The quantitative estimate of drug-likeness (QED) is 0.800. The van der Waals surface area contributed by atoms with Crippen LogP contribution in [0.4, 0.5) is 5.69 Å². The maximum absolute atomic E-state index is 5.59. The minimum Gasteiger partial charge on any atom is -0.494 e. The van der Waals surface area contributed by atoms with Gasteiger partial charge >= 0.3 is 0 Å². The van der Waals surface area contributed by atoms with Crippen molar-refractivity contribution in [1.29, 1.82) is 0 Å². The summed E-state index contributed by atoms with van der Waals surface area (Å²) in [4.78, 5) is 0. The van der Waals surface area contributed by atoms with Crippen molar-refractivity contribution >= 4 is 5.69 Å². The normalized spacial score (nSPS) is 23.1. The van der Waals surface area contributed by atoms with Crippen molar-refractivity contribution < 1.29 is 4.74 Å². The van der Waals surface area contributed by atoms with Gasteiger partial charge in [0.05, 0.1) is 6.61 Å². The van der Waals surface area contributed by atoms with Crippen LogP contribution in [0.3, 0.4) is 0 Å². The number of rotatable bonds is 6. The van der Waals surface area contributed by atoms with Gasteiger partial charge in [-0.2, -0.15) is 0 Å². The number of benzene rings is 1. The Morgan fingerprint density at radius 1 is 1.11 bits per heavy atom. The average Bonchev–Trinajstić information content (AvgIpc) is 2.46. The Hall–Kier alpha value is -1.18. The Morgan fingerprint density at radius 2 is 1.79 bits per heavy atom. The van der Waals surface area contributed by atoms with E-state index < -0.39 is 0 Å². The highest BCUT2D eigenvalue weighted by Gasteiger charge is 2.17. The van der Waals surface area contributed by atoms with Crippen molar-refractivity contribution in [3.63, 3.8) is 0 Å². The minimum absolute atomic E-state index is 0.799. The van der Waals surface area contributed by atoms with E-state index in [2.05, 4.69) is 43.4 Å². The maximum Gasteiger partial charge on any atom is 0.119 e. The van der Waals surface area contributed by atoms with Gasteiger partial charge in [-0.25, -0.2) is 0 Å². The highest BCUT2D eigenvalue weighted by atomic mass is 16.5. The summed E-state index contributed by atoms with van der Waals surface area (Å²) in [6.07, 6.45) is 6.62. The Bertz CT molecular complexity index is 352. The molecule has 1 aliphatic carbocycles. The van der Waals surface area contributed by atoms with E-state index in [4.69, 9.17) is 4.74 Å². The standard InChI is InChI=1S/C17H27NO/c1-3-12-19-17-10-8-16(9-11-17)18-13-15-6-4-14(2)5-7-15/h8-11,14-15,18H,3-7,12-13H2,1-2H3. The summed E-state index contributed by atoms with van der Waals surface area (Å²) in [5, 5.41) is 3.56. The number of hydrogen-bond donors (Lipinski definition) is 1. The first-order valence-corrected chi connectivity index (χ1v) is 7.74. The zero-order valence-electron chi connectivity index (χ0n) is 12.3. The minimum atomic E-state index is 0.799. The van der Waals surface area contributed by atoms with Gasteiger partial charge in [0, 0.05) is 12.2 Å². The summed E-state index contributed by atoms with van der Waals surface area (Å²) in [7, 11) is 0. The molecule has 0 bridgehead atoms. The molecule has 0 unspecified atom stereocenters. The van der Waals surface area contributed by atoms with Crippen LogP contribution in [0.1, 0.15) is 46.0 Å². The van der Waals surface area contributed by atoms with Crippen molar-refractivity contribution in [1.82, 2.24) is 0 Å². The third-order valence-corrected chi connectivity index (χ3v) is 4.06. The molecule has 1 aromatic rings. The lowest BCUT2D eigenvalue weighted by Gasteiger charge is -2.26. The Labute approximate surface area is 117 Å². The fourth-order valence-corrected chi connectivity index (χ4v) is 2.68. The molecule has 1 saturated carbocycles. The highest BCUT2D eigenvalue weighted by Crippen LogP contribution is 2.28. The fourth-order valence-electron chi connectivity index (χ4n) is 2.68. The molecule has 1 aliphatic rings. The lowest BCUT2D eigenvalue weighted by molar-refractivity contribution is 0.300. The van der Waals surface area contributed by atoms with E-state index in [0.717, 1.165) is 37.2 Å². The van der Waals surface area contributed by atoms with Crippen LogP contribution in [-0.4, -0.2) is 13.2 Å². The van der Waals surface area contributed by atoms with Gasteiger partial charge in [0.15, 0.2) is 0 Å². The van der Waals surface area contributed by atoms with Crippen molar-refractivity contribution in [3.05, 3.63) is 24.3 Å². The second-order valence-electron chi connectivity index (χ2n) is 5.88. The zero-order chi connectivity index (χ0) is 13.5. The summed E-state index contributed by atoms with van der Waals surface area (Å²) in [6, 6.07) is 8.36. The van der Waals surface area contributed by atoms with Gasteiger partial charge < -0.3 is 10.1 Å². The molecule has 0 saturated heterocycles. The first-order chi connectivity index (χ1) is 9.28. The number of anilines is 1. The van der Waals surface area contributed by atoms with Crippen LogP contribution in [0.2, 0.25) is 0 Å². The molecule has 2 rings (SSSR count). The largest absolute Gasteiger partial charge is 0.494 e. The summed E-state index contributed by atoms with van der Waals surface area (Å²) < 4.78 is 5.59. The second-order valence-corrected chi connectivity index (χ2v) is 5.88. The summed E-state index contributed by atoms with van der Waals surface area (Å²) in [5.41, 5.74) is 1.21. The van der Waals surface area contributed by atoms with E-state index >= 15 is 0 Å². The summed E-state index contributed by atoms with van der Waals surface area (Å²) >= 11 is 0. The summed E-state index contributed by atoms with van der Waals surface area (Å²) in [6.45, 7) is 6.41. The fraction of sp³-hybridized carbons (Fsp3) is 0.647. The third kappa shape index (κ3) is 4.77. The van der Waals surface area contributed by atoms with Crippen LogP contribution in [0, 0.1) is 11.8 Å². The zero-order valence-corrected chi connectivity index (χ0v) is 12.3. The molecule has 1 N–H and O–H groups in total. The van der Waals surface area contributed by atoms with Crippen LogP contribution in [0.15, 0.2) is 24.3 Å². The molecular formula is C17H27NO. The summed E-state index contributed by atoms with van der Waals surface area (Å²) in [5.74, 6) is 2.76. The SMILES string of the molecule is CCCOc1ccc(NCC2CCC(C)CC2)cc1. The Kier molecular flexibility index (Phi) is 5.56. The van der Waals surface area contributed by atoms with Crippen molar-refractivity contribution in [2.24, 2.45) is 11.8 Å². The molecule has 0 amide bonds. The monoisotopic (exact) mass is 261 g/mol. The number of hydrogen-bond acceptors (Lipinski definition) is 2. The van der Waals surface area contributed by atoms with Crippen molar-refractivity contribution in [2.75, 3.05) is 18.5 Å². The molecule has 0 radical (unpaired) electrons. The van der Waals surface area contributed by atoms with E-state index in [1.165, 1.54) is 31.4 Å². The molecule has 2 heteroatoms. The average molecular weight is 261 g/mol. The van der Waals surface area contributed by atoms with Crippen LogP contribution in [0.25, 0.3) is 0 Å². The third-order valence-electron chi connectivity index (χ3n) is 4.06. The first-order valence-electron chi connectivity index (χ1n) is 7.74. The van der Waals surface area contributed by atoms with E-state index in [-0.39, 0.29) is 0 Å². The van der Waals surface area contributed by atoms with Gasteiger partial charge in [0.2, 0.25) is 0 Å². The molecule has 0 aliphatic heterocycles. The van der Waals surface area contributed by atoms with E-state index in [9.17, 15) is 0 Å². The molecule has 0 atom stereocenters. The number of nitrogens with one attached hydrogen (secondary N) is 1. The predicted molar refractivity (Wildman–Crippen MR) is 81.8 cm³/mol. The molecular weight excluding hydrogens is 234 g/mol. The van der Waals surface area contributed by atoms with Gasteiger partial charge in [-0.05, 0) is 55.4 Å². The van der Waals surface area contributed by atoms with Crippen molar-refractivity contribution in [3.8, 4) is 5.75 Å². The maximum atomic E-state index is 5.59. The van der Waals surface area contributed by atoms with Gasteiger partial charge in [-0.15, -0.1) is 0 Å². The van der Waals surface area contributed by atoms with E-state index in [1.807, 2.05) is 0 Å². The Morgan fingerprint density at radius 3 is 2.42 bits per heavy atom.